The van der Waals surface area contributed by atoms with Crippen LogP contribution in [0.15, 0.2) is 18.2 Å². The molecule has 0 aliphatic rings. The van der Waals surface area contributed by atoms with Crippen LogP contribution in [0.5, 0.6) is 0 Å². The fourth-order valence-electron chi connectivity index (χ4n) is 2.24. The molecule has 0 saturated heterocycles. The minimum atomic E-state index is -5.00. The van der Waals surface area contributed by atoms with Crippen molar-refractivity contribution in [2.24, 2.45) is 5.73 Å². The zero-order chi connectivity index (χ0) is 18.2. The number of halogens is 6. The number of hydrogen-bond donors (Lipinski definition) is 2. The summed E-state index contributed by atoms with van der Waals surface area (Å²) in [5.74, 6) is -2.41. The minimum absolute atomic E-state index is 0.0282. The maximum Gasteiger partial charge on any atom is 0.416 e. The maximum absolute atomic E-state index is 13.1. The van der Waals surface area contributed by atoms with E-state index >= 15 is 0 Å². The fourth-order valence-corrected chi connectivity index (χ4v) is 2.24. The molecule has 0 radical (unpaired) electrons. The van der Waals surface area contributed by atoms with Crippen LogP contribution in [-0.2, 0) is 17.1 Å². The molecule has 23 heavy (non-hydrogen) atoms. The van der Waals surface area contributed by atoms with Crippen LogP contribution in [-0.4, -0.2) is 16.6 Å². The zero-order valence-electron chi connectivity index (χ0n) is 12.2. The van der Waals surface area contributed by atoms with Gasteiger partial charge in [-0.05, 0) is 37.0 Å². The van der Waals surface area contributed by atoms with Gasteiger partial charge in [0.1, 0.15) is 5.54 Å². The summed E-state index contributed by atoms with van der Waals surface area (Å²) in [6, 6.07) is 1.28. The van der Waals surface area contributed by atoms with Gasteiger partial charge in [0.2, 0.25) is 0 Å². The topological polar surface area (TPSA) is 63.3 Å². The van der Waals surface area contributed by atoms with Gasteiger partial charge in [0, 0.05) is 0 Å². The molecule has 0 amide bonds. The van der Waals surface area contributed by atoms with Crippen molar-refractivity contribution in [1.29, 1.82) is 0 Å². The average molecular weight is 343 g/mol. The van der Waals surface area contributed by atoms with Crippen molar-refractivity contribution in [3.8, 4) is 0 Å². The lowest BCUT2D eigenvalue weighted by molar-refractivity contribution is -0.143. The molecule has 0 aliphatic carbocycles. The molecular formula is C14H15F6NO2. The third-order valence-corrected chi connectivity index (χ3v) is 3.44. The highest BCUT2D eigenvalue weighted by Gasteiger charge is 2.40. The van der Waals surface area contributed by atoms with E-state index in [0.29, 0.717) is 12.1 Å². The molecule has 0 aromatic heterocycles. The van der Waals surface area contributed by atoms with Crippen LogP contribution in [0.1, 0.15) is 42.9 Å². The number of aliphatic carboxylic acids is 1. The van der Waals surface area contributed by atoms with Crippen molar-refractivity contribution in [3.63, 3.8) is 0 Å². The number of carboxylic acids is 1. The molecule has 2 atom stereocenters. The quantitative estimate of drug-likeness (QED) is 0.812. The van der Waals surface area contributed by atoms with Crippen LogP contribution in [0, 0.1) is 0 Å². The Balaban J connectivity index is 3.33. The molecule has 0 fully saturated rings. The summed E-state index contributed by atoms with van der Waals surface area (Å²) in [5.41, 5.74) is 0.402. The molecule has 9 heteroatoms. The fraction of sp³-hybridized carbons (Fsp3) is 0.500. The number of benzene rings is 1. The predicted octanol–water partition coefficient (Wildman–Crippen LogP) is 4.02. The van der Waals surface area contributed by atoms with Gasteiger partial charge in [-0.15, -0.1) is 0 Å². The lowest BCUT2D eigenvalue weighted by Gasteiger charge is -2.26. The molecule has 3 N–H and O–H groups in total. The number of carbonyl (C=O) groups is 1. The Labute approximate surface area is 128 Å². The maximum atomic E-state index is 13.1. The monoisotopic (exact) mass is 343 g/mol. The summed E-state index contributed by atoms with van der Waals surface area (Å²) >= 11 is 0. The van der Waals surface area contributed by atoms with Gasteiger partial charge in [-0.25, -0.2) is 0 Å². The number of nitrogens with two attached hydrogens (primary N) is 1. The highest BCUT2D eigenvalue weighted by molar-refractivity contribution is 5.77. The van der Waals surface area contributed by atoms with Crippen molar-refractivity contribution in [1.82, 2.24) is 0 Å². The van der Waals surface area contributed by atoms with Gasteiger partial charge in [-0.2, -0.15) is 26.3 Å². The molecule has 130 valence electrons. The van der Waals surface area contributed by atoms with Crippen LogP contribution in [0.4, 0.5) is 26.3 Å². The first-order valence-electron chi connectivity index (χ1n) is 6.47. The Morgan fingerprint density at radius 1 is 1.17 bits per heavy atom. The number of hydrogen-bond acceptors (Lipinski definition) is 2. The Hall–Kier alpha value is -1.77. The lowest BCUT2D eigenvalue weighted by atomic mass is 9.84. The third-order valence-electron chi connectivity index (χ3n) is 3.44. The number of rotatable bonds is 4. The average Bonchev–Trinajstić information content (AvgIpc) is 2.35. The highest BCUT2D eigenvalue weighted by Crippen LogP contribution is 2.40. The Morgan fingerprint density at radius 2 is 1.70 bits per heavy atom. The molecule has 0 aliphatic heterocycles. The van der Waals surface area contributed by atoms with Crippen molar-refractivity contribution >= 4 is 5.97 Å². The Bertz CT molecular complexity index is 592. The van der Waals surface area contributed by atoms with E-state index in [-0.39, 0.29) is 12.5 Å². The Morgan fingerprint density at radius 3 is 2.09 bits per heavy atom. The van der Waals surface area contributed by atoms with Crippen LogP contribution >= 0.6 is 0 Å². The summed E-state index contributed by atoms with van der Waals surface area (Å²) in [5, 5.41) is 8.92. The summed E-state index contributed by atoms with van der Waals surface area (Å²) in [7, 11) is 0. The SMILES string of the molecule is CC(CC(C)(N)C(=O)O)c1ccc(C(F)(F)F)cc1C(F)(F)F. The second-order valence-corrected chi connectivity index (χ2v) is 5.63. The normalized spacial score (nSPS) is 16.7. The molecule has 1 aromatic carbocycles. The first kappa shape index (κ1) is 19.3. The smallest absolute Gasteiger partial charge is 0.416 e. The van der Waals surface area contributed by atoms with Gasteiger partial charge in [0.15, 0.2) is 0 Å². The second-order valence-electron chi connectivity index (χ2n) is 5.63. The van der Waals surface area contributed by atoms with Crippen molar-refractivity contribution in [2.45, 2.75) is 44.1 Å². The summed E-state index contributed by atoms with van der Waals surface area (Å²) in [4.78, 5) is 11.0. The van der Waals surface area contributed by atoms with E-state index in [9.17, 15) is 31.1 Å². The summed E-state index contributed by atoms with van der Waals surface area (Å²) in [6.45, 7) is 2.41. The molecule has 0 bridgehead atoms. The number of alkyl halides is 6. The van der Waals surface area contributed by atoms with E-state index in [1.807, 2.05) is 0 Å². The molecule has 1 rings (SSSR count). The van der Waals surface area contributed by atoms with E-state index < -0.39 is 46.5 Å². The van der Waals surface area contributed by atoms with Crippen LogP contribution < -0.4 is 5.73 Å². The standard InChI is InChI=1S/C14H15F6NO2/c1-7(6-12(2,21)11(22)23)9-4-3-8(13(15,16)17)5-10(9)14(18,19)20/h3-5,7H,6,21H2,1-2H3,(H,22,23). The first-order chi connectivity index (χ1) is 10.2. The lowest BCUT2D eigenvalue weighted by Crippen LogP contribution is -2.45. The van der Waals surface area contributed by atoms with Crippen LogP contribution in [0.25, 0.3) is 0 Å². The van der Waals surface area contributed by atoms with E-state index in [1.54, 1.807) is 0 Å². The molecule has 0 spiro atoms. The van der Waals surface area contributed by atoms with Crippen LogP contribution in [0.2, 0.25) is 0 Å². The summed E-state index contributed by atoms with van der Waals surface area (Å²) < 4.78 is 77.0. The van der Waals surface area contributed by atoms with E-state index in [1.165, 1.54) is 6.92 Å². The van der Waals surface area contributed by atoms with Gasteiger partial charge >= 0.3 is 18.3 Å². The van der Waals surface area contributed by atoms with Crippen molar-refractivity contribution < 1.29 is 36.2 Å². The predicted molar refractivity (Wildman–Crippen MR) is 69.7 cm³/mol. The highest BCUT2D eigenvalue weighted by atomic mass is 19.4. The molecular weight excluding hydrogens is 328 g/mol. The van der Waals surface area contributed by atoms with E-state index in [2.05, 4.69) is 0 Å². The first-order valence-corrected chi connectivity index (χ1v) is 6.47. The molecule has 1 aromatic rings. The zero-order valence-corrected chi connectivity index (χ0v) is 12.2. The van der Waals surface area contributed by atoms with Gasteiger partial charge in [0.05, 0.1) is 11.1 Å². The second kappa shape index (κ2) is 6.03. The van der Waals surface area contributed by atoms with Crippen LogP contribution in [0.3, 0.4) is 0 Å². The molecule has 0 saturated carbocycles. The molecule has 3 nitrogen and oxygen atoms in total. The third kappa shape index (κ3) is 4.60. The summed E-state index contributed by atoms with van der Waals surface area (Å²) in [6.07, 6.45) is -10.3. The van der Waals surface area contributed by atoms with Gasteiger partial charge in [-0.3, -0.25) is 4.79 Å². The van der Waals surface area contributed by atoms with Gasteiger partial charge in [-0.1, -0.05) is 13.0 Å². The molecule has 2 unspecified atom stereocenters. The van der Waals surface area contributed by atoms with Gasteiger partial charge < -0.3 is 10.8 Å². The van der Waals surface area contributed by atoms with E-state index in [0.717, 1.165) is 6.92 Å². The Kier molecular flexibility index (Phi) is 5.05. The van der Waals surface area contributed by atoms with Gasteiger partial charge in [0.25, 0.3) is 0 Å². The van der Waals surface area contributed by atoms with Crippen molar-refractivity contribution in [2.75, 3.05) is 0 Å². The molecule has 0 heterocycles. The number of carboxylic acid groups (broad SMARTS) is 1. The minimum Gasteiger partial charge on any atom is -0.480 e. The van der Waals surface area contributed by atoms with Crippen molar-refractivity contribution in [3.05, 3.63) is 34.9 Å². The largest absolute Gasteiger partial charge is 0.480 e. The van der Waals surface area contributed by atoms with E-state index in [4.69, 9.17) is 10.8 Å².